The summed E-state index contributed by atoms with van der Waals surface area (Å²) in [5.41, 5.74) is 27.4. The lowest BCUT2D eigenvalue weighted by Gasteiger charge is -2.32. The maximum Gasteiger partial charge on any atom is 0.0541 e. The van der Waals surface area contributed by atoms with E-state index in [0.29, 0.717) is 0 Å². The van der Waals surface area contributed by atoms with Gasteiger partial charge in [0.05, 0.1) is 11.0 Å². The largest absolute Gasteiger partial charge is 0.310 e. The zero-order valence-electron chi connectivity index (χ0n) is 46.0. The summed E-state index contributed by atoms with van der Waals surface area (Å²) in [6, 6.07) is 105. The van der Waals surface area contributed by atoms with Gasteiger partial charge in [-0.1, -0.05) is 216 Å². The molecule has 15 rings (SSSR count). The first-order valence-corrected chi connectivity index (χ1v) is 28.3. The SMILES string of the molecule is CC1(C)c2ccccc2-c2ccc(N(c3ccccc3)c3cc(-c4ccc(-c5ccc6c(c5)c5ccccc5n6-c5ccc(-c6ccccc6)cc5)cc4)cc(N(c4ccccc4)c4ccc5c(c4)C(C)(C)c4ccccc4-5)c3)cc21. The van der Waals surface area contributed by atoms with Crippen molar-refractivity contribution >= 4 is 55.9 Å². The minimum atomic E-state index is -0.166. The number of rotatable bonds is 10. The smallest absolute Gasteiger partial charge is 0.0541 e. The number of aromatic nitrogens is 1. The first kappa shape index (κ1) is 48.2. The molecule has 2 aliphatic carbocycles. The first-order valence-electron chi connectivity index (χ1n) is 28.3. The van der Waals surface area contributed by atoms with Crippen molar-refractivity contribution in [3.05, 3.63) is 307 Å². The highest BCUT2D eigenvalue weighted by Gasteiger charge is 2.37. The second-order valence-electron chi connectivity index (χ2n) is 23.0. The van der Waals surface area contributed by atoms with Gasteiger partial charge in [-0.15, -0.1) is 0 Å². The summed E-state index contributed by atoms with van der Waals surface area (Å²) < 4.78 is 2.40. The third-order valence-corrected chi connectivity index (χ3v) is 17.6. The van der Waals surface area contributed by atoms with Gasteiger partial charge in [-0.25, -0.2) is 0 Å². The Morgan fingerprint density at radius 2 is 0.654 bits per heavy atom. The molecule has 1 aromatic heterocycles. The lowest BCUT2D eigenvalue weighted by Crippen LogP contribution is -2.17. The van der Waals surface area contributed by atoms with Crippen LogP contribution in [0.5, 0.6) is 0 Å². The van der Waals surface area contributed by atoms with Crippen LogP contribution < -0.4 is 9.80 Å². The van der Waals surface area contributed by atoms with Crippen molar-refractivity contribution in [2.45, 2.75) is 38.5 Å². The van der Waals surface area contributed by atoms with E-state index in [1.54, 1.807) is 0 Å². The van der Waals surface area contributed by atoms with Crippen LogP contribution in [0.15, 0.2) is 285 Å². The summed E-state index contributed by atoms with van der Waals surface area (Å²) in [4.78, 5) is 4.91. The molecule has 0 atom stereocenters. The van der Waals surface area contributed by atoms with Gasteiger partial charge in [-0.05, 0) is 175 Å². The second kappa shape index (κ2) is 18.9. The Labute approximate surface area is 474 Å². The fourth-order valence-corrected chi connectivity index (χ4v) is 13.5. The summed E-state index contributed by atoms with van der Waals surface area (Å²) in [6.45, 7) is 9.47. The van der Waals surface area contributed by atoms with E-state index in [4.69, 9.17) is 0 Å². The van der Waals surface area contributed by atoms with Crippen LogP contribution >= 0.6 is 0 Å². The van der Waals surface area contributed by atoms with E-state index in [9.17, 15) is 0 Å². The number of anilines is 6. The van der Waals surface area contributed by atoms with E-state index in [0.717, 1.165) is 50.9 Å². The third-order valence-electron chi connectivity index (χ3n) is 17.6. The normalized spacial score (nSPS) is 13.4. The Hall–Kier alpha value is -9.96. The molecule has 0 spiro atoms. The molecular weight excluding hydrogens is 979 g/mol. The number of nitrogens with zero attached hydrogens (tertiary/aromatic N) is 3. The molecule has 0 amide bonds. The molecule has 0 saturated heterocycles. The number of para-hydroxylation sites is 3. The van der Waals surface area contributed by atoms with Crippen LogP contribution in [-0.4, -0.2) is 4.57 Å². The van der Waals surface area contributed by atoms with Gasteiger partial charge in [0, 0.05) is 61.4 Å². The maximum atomic E-state index is 2.45. The molecule has 81 heavy (non-hydrogen) atoms. The lowest BCUT2D eigenvalue weighted by molar-refractivity contribution is 0.660. The molecule has 1 heterocycles. The van der Waals surface area contributed by atoms with Gasteiger partial charge >= 0.3 is 0 Å². The summed E-state index contributed by atoms with van der Waals surface area (Å²) >= 11 is 0. The van der Waals surface area contributed by atoms with Crippen LogP contribution in [-0.2, 0) is 10.8 Å². The van der Waals surface area contributed by atoms with Crippen molar-refractivity contribution in [2.24, 2.45) is 0 Å². The van der Waals surface area contributed by atoms with Crippen molar-refractivity contribution in [3.63, 3.8) is 0 Å². The average Bonchev–Trinajstić information content (AvgIpc) is 4.30. The van der Waals surface area contributed by atoms with Crippen LogP contribution in [0.25, 0.3) is 83.1 Å². The van der Waals surface area contributed by atoms with E-state index >= 15 is 0 Å². The number of fused-ring (bicyclic) bond motifs is 9. The quantitative estimate of drug-likeness (QED) is 0.135. The van der Waals surface area contributed by atoms with E-state index in [1.165, 1.54) is 88.6 Å². The highest BCUT2D eigenvalue weighted by Crippen LogP contribution is 2.53. The van der Waals surface area contributed by atoms with Crippen molar-refractivity contribution in [1.29, 1.82) is 0 Å². The van der Waals surface area contributed by atoms with Crippen LogP contribution in [0, 0.1) is 0 Å². The molecule has 12 aromatic carbocycles. The molecule has 0 aliphatic heterocycles. The molecule has 3 nitrogen and oxygen atoms in total. The monoisotopic (exact) mass is 1040 g/mol. The Balaban J connectivity index is 0.879. The highest BCUT2D eigenvalue weighted by molar-refractivity contribution is 6.10. The highest BCUT2D eigenvalue weighted by atomic mass is 15.2. The predicted octanol–water partition coefficient (Wildman–Crippen LogP) is 21.3. The van der Waals surface area contributed by atoms with Crippen LogP contribution in [0.1, 0.15) is 49.9 Å². The lowest BCUT2D eigenvalue weighted by atomic mass is 9.82. The summed E-state index contributed by atoms with van der Waals surface area (Å²) in [6.07, 6.45) is 0. The fourth-order valence-electron chi connectivity index (χ4n) is 13.5. The number of hydrogen-bond acceptors (Lipinski definition) is 2. The van der Waals surface area contributed by atoms with Crippen LogP contribution in [0.3, 0.4) is 0 Å². The first-order chi connectivity index (χ1) is 39.7. The van der Waals surface area contributed by atoms with Gasteiger partial charge in [0.25, 0.3) is 0 Å². The molecular formula is C78H59N3. The van der Waals surface area contributed by atoms with Crippen molar-refractivity contribution < 1.29 is 0 Å². The van der Waals surface area contributed by atoms with E-state index in [2.05, 4.69) is 327 Å². The van der Waals surface area contributed by atoms with Crippen LogP contribution in [0.4, 0.5) is 34.1 Å². The van der Waals surface area contributed by atoms with Gasteiger partial charge in [0.2, 0.25) is 0 Å². The van der Waals surface area contributed by atoms with Crippen molar-refractivity contribution in [1.82, 2.24) is 4.57 Å². The Bertz CT molecular complexity index is 4380. The van der Waals surface area contributed by atoms with E-state index in [1.807, 2.05) is 0 Å². The fraction of sp³-hybridized carbons (Fsp3) is 0.0769. The standard InChI is InChI=1S/C78H59N3/c1-77(2)71-29-17-14-26-65(71)67-43-41-61(50-73(67)77)79(58-22-10-6-11-23-58)63-46-57(47-64(49-63)80(59-24-12-7-13-25-59)62-42-44-68-66-27-15-18-30-72(66)78(3,4)74(68)51-62)55-34-32-54(33-35-55)56-38-45-76-70(48-56)69-28-16-19-31-75(69)81(76)60-39-36-53(37-40-60)52-20-8-5-9-21-52/h5-51H,1-4H3. The van der Waals surface area contributed by atoms with Gasteiger partial charge in [-0.2, -0.15) is 0 Å². The summed E-state index contributed by atoms with van der Waals surface area (Å²) in [7, 11) is 0. The Kier molecular flexibility index (Phi) is 11.2. The van der Waals surface area contributed by atoms with E-state index in [-0.39, 0.29) is 10.8 Å². The Morgan fingerprint density at radius 1 is 0.247 bits per heavy atom. The topological polar surface area (TPSA) is 11.4 Å². The summed E-state index contributed by atoms with van der Waals surface area (Å²) in [5.74, 6) is 0. The van der Waals surface area contributed by atoms with Crippen LogP contribution in [0.2, 0.25) is 0 Å². The van der Waals surface area contributed by atoms with Gasteiger partial charge in [0.15, 0.2) is 0 Å². The minimum absolute atomic E-state index is 0.166. The summed E-state index contributed by atoms with van der Waals surface area (Å²) in [5, 5.41) is 2.47. The van der Waals surface area contributed by atoms with Gasteiger partial charge in [-0.3, -0.25) is 0 Å². The molecule has 0 N–H and O–H groups in total. The molecule has 0 unspecified atom stereocenters. The second-order valence-corrected chi connectivity index (χ2v) is 23.0. The molecule has 3 heteroatoms. The number of benzene rings is 12. The molecule has 0 fully saturated rings. The third kappa shape index (κ3) is 7.94. The van der Waals surface area contributed by atoms with E-state index < -0.39 is 0 Å². The average molecular weight is 1040 g/mol. The minimum Gasteiger partial charge on any atom is -0.310 e. The predicted molar refractivity (Wildman–Crippen MR) is 342 cm³/mol. The molecule has 0 radical (unpaired) electrons. The Morgan fingerprint density at radius 3 is 1.21 bits per heavy atom. The van der Waals surface area contributed by atoms with Crippen molar-refractivity contribution in [2.75, 3.05) is 9.80 Å². The van der Waals surface area contributed by atoms with Gasteiger partial charge < -0.3 is 14.4 Å². The maximum absolute atomic E-state index is 2.45. The van der Waals surface area contributed by atoms with Crippen molar-refractivity contribution in [3.8, 4) is 61.3 Å². The number of hydrogen-bond donors (Lipinski definition) is 0. The molecule has 2 aliphatic rings. The molecule has 13 aromatic rings. The zero-order chi connectivity index (χ0) is 54.4. The molecule has 0 saturated carbocycles. The zero-order valence-corrected chi connectivity index (χ0v) is 46.0. The molecule has 386 valence electrons. The van der Waals surface area contributed by atoms with Gasteiger partial charge in [0.1, 0.15) is 0 Å². The molecule has 0 bridgehead atoms.